The number of benzene rings is 2. The molecule has 1 amide bonds. The summed E-state index contributed by atoms with van der Waals surface area (Å²) in [6, 6.07) is 16.5. The number of hydrogen-bond acceptors (Lipinski definition) is 3. The molecule has 1 atom stereocenters. The van der Waals surface area contributed by atoms with E-state index < -0.39 is 11.3 Å². The summed E-state index contributed by atoms with van der Waals surface area (Å²) in [6.45, 7) is 0.206. The highest BCUT2D eigenvalue weighted by molar-refractivity contribution is 5.95. The largest absolute Gasteiger partial charge is 0.364 e. The zero-order valence-corrected chi connectivity index (χ0v) is 15.4. The standard InChI is InChI=1S/C22H20FN3O2/c1-28-14-26-19-13-22(15-5-3-2-4-6-15,16-7-9-17(23)10-8-16)12-11-18(19)20(25-26)21(24)27/h2-12H,13-14H2,1H3,(H2,24,27). The zero-order chi connectivity index (χ0) is 19.7. The van der Waals surface area contributed by atoms with Crippen LogP contribution < -0.4 is 5.73 Å². The first kappa shape index (κ1) is 18.1. The molecule has 3 aromatic rings. The van der Waals surface area contributed by atoms with Crippen LogP contribution >= 0.6 is 0 Å². The first-order valence-electron chi connectivity index (χ1n) is 8.94. The Kier molecular flexibility index (Phi) is 4.57. The number of allylic oxidation sites excluding steroid dienone is 1. The molecule has 0 saturated heterocycles. The number of rotatable bonds is 5. The van der Waals surface area contributed by atoms with Crippen molar-refractivity contribution in [2.24, 2.45) is 5.73 Å². The molecule has 4 rings (SSSR count). The lowest BCUT2D eigenvalue weighted by atomic mass is 9.68. The molecule has 2 N–H and O–H groups in total. The van der Waals surface area contributed by atoms with E-state index in [4.69, 9.17) is 10.5 Å². The Morgan fingerprint density at radius 3 is 2.50 bits per heavy atom. The number of carbonyl (C=O) groups excluding carboxylic acids is 1. The van der Waals surface area contributed by atoms with Crippen molar-refractivity contribution in [1.82, 2.24) is 9.78 Å². The number of carbonyl (C=O) groups is 1. The molecule has 1 aromatic heterocycles. The first-order valence-corrected chi connectivity index (χ1v) is 8.94. The molecule has 1 unspecified atom stereocenters. The van der Waals surface area contributed by atoms with E-state index >= 15 is 0 Å². The molecule has 1 aliphatic rings. The number of fused-ring (bicyclic) bond motifs is 1. The summed E-state index contributed by atoms with van der Waals surface area (Å²) in [4.78, 5) is 11.9. The van der Waals surface area contributed by atoms with Crippen molar-refractivity contribution in [1.29, 1.82) is 0 Å². The smallest absolute Gasteiger partial charge is 0.269 e. The normalized spacial score (nSPS) is 18.1. The van der Waals surface area contributed by atoms with Crippen LogP contribution in [0.5, 0.6) is 0 Å². The minimum Gasteiger partial charge on any atom is -0.364 e. The van der Waals surface area contributed by atoms with Gasteiger partial charge < -0.3 is 10.5 Å². The highest BCUT2D eigenvalue weighted by Gasteiger charge is 2.38. The van der Waals surface area contributed by atoms with Crippen LogP contribution in [0.25, 0.3) is 6.08 Å². The van der Waals surface area contributed by atoms with Crippen LogP contribution in [0.3, 0.4) is 0 Å². The lowest BCUT2D eigenvalue weighted by Crippen LogP contribution is -2.32. The quantitative estimate of drug-likeness (QED) is 0.742. The molecule has 1 heterocycles. The number of methoxy groups -OCH3 is 1. The number of hydrogen-bond donors (Lipinski definition) is 1. The van der Waals surface area contributed by atoms with Crippen molar-refractivity contribution < 1.29 is 13.9 Å². The number of amides is 1. The Balaban J connectivity index is 1.93. The van der Waals surface area contributed by atoms with Gasteiger partial charge in [0.15, 0.2) is 5.69 Å². The Morgan fingerprint density at radius 1 is 1.18 bits per heavy atom. The molecule has 0 saturated carbocycles. The summed E-state index contributed by atoms with van der Waals surface area (Å²) in [5, 5.41) is 4.35. The SMILES string of the molecule is COCn1nc(C(N)=O)c2c1CC(c1ccccc1)(c1ccc(F)cc1)C=C2. The molecule has 1 aliphatic carbocycles. The maximum atomic E-state index is 13.6. The average Bonchev–Trinajstić information content (AvgIpc) is 3.07. The maximum Gasteiger partial charge on any atom is 0.269 e. The van der Waals surface area contributed by atoms with Crippen molar-refractivity contribution in [2.45, 2.75) is 18.6 Å². The van der Waals surface area contributed by atoms with Gasteiger partial charge in [0.1, 0.15) is 12.5 Å². The van der Waals surface area contributed by atoms with Crippen LogP contribution in [0.1, 0.15) is 32.9 Å². The van der Waals surface area contributed by atoms with E-state index in [1.54, 1.807) is 23.9 Å². The summed E-state index contributed by atoms with van der Waals surface area (Å²) in [6.07, 6.45) is 4.47. The van der Waals surface area contributed by atoms with Crippen LogP contribution in [-0.4, -0.2) is 22.8 Å². The Labute approximate surface area is 162 Å². The average molecular weight is 377 g/mol. The highest BCUT2D eigenvalue weighted by atomic mass is 19.1. The fraction of sp³-hybridized carbons (Fsp3) is 0.182. The van der Waals surface area contributed by atoms with E-state index in [9.17, 15) is 9.18 Å². The number of primary amides is 1. The van der Waals surface area contributed by atoms with E-state index in [1.165, 1.54) is 12.1 Å². The molecule has 6 heteroatoms. The monoisotopic (exact) mass is 377 g/mol. The van der Waals surface area contributed by atoms with Gasteiger partial charge >= 0.3 is 0 Å². The molecule has 0 bridgehead atoms. The lowest BCUT2D eigenvalue weighted by molar-refractivity contribution is 0.0985. The minimum atomic E-state index is -0.579. The van der Waals surface area contributed by atoms with E-state index in [0.717, 1.165) is 16.8 Å². The number of halogens is 1. The third-order valence-corrected chi connectivity index (χ3v) is 5.21. The van der Waals surface area contributed by atoms with Gasteiger partial charge in [-0.15, -0.1) is 0 Å². The second kappa shape index (κ2) is 7.05. The molecule has 142 valence electrons. The van der Waals surface area contributed by atoms with Crippen LogP contribution in [0.4, 0.5) is 4.39 Å². The molecule has 0 radical (unpaired) electrons. The molecule has 0 aliphatic heterocycles. The van der Waals surface area contributed by atoms with Crippen molar-refractivity contribution in [3.63, 3.8) is 0 Å². The molecule has 5 nitrogen and oxygen atoms in total. The third-order valence-electron chi connectivity index (χ3n) is 5.21. The van der Waals surface area contributed by atoms with Gasteiger partial charge in [0.2, 0.25) is 0 Å². The van der Waals surface area contributed by atoms with E-state index in [0.29, 0.717) is 12.0 Å². The van der Waals surface area contributed by atoms with Gasteiger partial charge in [-0.1, -0.05) is 54.6 Å². The van der Waals surface area contributed by atoms with Crippen molar-refractivity contribution in [2.75, 3.05) is 7.11 Å². The van der Waals surface area contributed by atoms with Crippen molar-refractivity contribution in [3.05, 3.63) is 94.6 Å². The summed E-state index contributed by atoms with van der Waals surface area (Å²) in [7, 11) is 1.57. The molecular formula is C22H20FN3O2. The minimum absolute atomic E-state index is 0.206. The van der Waals surface area contributed by atoms with E-state index in [2.05, 4.69) is 5.10 Å². The maximum absolute atomic E-state index is 13.6. The van der Waals surface area contributed by atoms with Gasteiger partial charge in [-0.25, -0.2) is 9.07 Å². The van der Waals surface area contributed by atoms with Crippen LogP contribution in [-0.2, 0) is 23.3 Å². The zero-order valence-electron chi connectivity index (χ0n) is 15.4. The number of ether oxygens (including phenoxy) is 1. The summed E-state index contributed by atoms with van der Waals surface area (Å²) >= 11 is 0. The Morgan fingerprint density at radius 2 is 1.86 bits per heavy atom. The number of aromatic nitrogens is 2. The summed E-state index contributed by atoms with van der Waals surface area (Å²) < 4.78 is 20.5. The van der Waals surface area contributed by atoms with Crippen LogP contribution in [0.2, 0.25) is 0 Å². The fourth-order valence-corrected chi connectivity index (χ4v) is 3.88. The first-order chi connectivity index (χ1) is 13.5. The lowest BCUT2D eigenvalue weighted by Gasteiger charge is -2.35. The highest BCUT2D eigenvalue weighted by Crippen LogP contribution is 2.42. The van der Waals surface area contributed by atoms with Crippen molar-refractivity contribution >= 4 is 12.0 Å². The van der Waals surface area contributed by atoms with Gasteiger partial charge in [0.05, 0.1) is 5.69 Å². The second-order valence-corrected chi connectivity index (χ2v) is 6.84. The number of nitrogens with two attached hydrogens (primary N) is 1. The third kappa shape index (κ3) is 2.92. The van der Waals surface area contributed by atoms with Gasteiger partial charge in [-0.3, -0.25) is 4.79 Å². The van der Waals surface area contributed by atoms with Gasteiger partial charge in [0.25, 0.3) is 5.91 Å². The summed E-state index contributed by atoms with van der Waals surface area (Å²) in [5.41, 5.74) is 8.80. The molecule has 0 spiro atoms. The van der Waals surface area contributed by atoms with Gasteiger partial charge in [0, 0.05) is 24.5 Å². The fourth-order valence-electron chi connectivity index (χ4n) is 3.88. The molecular weight excluding hydrogens is 357 g/mol. The molecule has 28 heavy (non-hydrogen) atoms. The summed E-state index contributed by atoms with van der Waals surface area (Å²) in [5.74, 6) is -0.863. The van der Waals surface area contributed by atoms with Crippen LogP contribution in [0, 0.1) is 5.82 Å². The Hall–Kier alpha value is -3.25. The topological polar surface area (TPSA) is 70.1 Å². The van der Waals surface area contributed by atoms with Gasteiger partial charge in [-0.2, -0.15) is 5.10 Å². The predicted molar refractivity (Wildman–Crippen MR) is 104 cm³/mol. The predicted octanol–water partition coefficient (Wildman–Crippen LogP) is 3.28. The molecule has 2 aromatic carbocycles. The van der Waals surface area contributed by atoms with Crippen LogP contribution in [0.15, 0.2) is 60.7 Å². The van der Waals surface area contributed by atoms with Crippen molar-refractivity contribution in [3.8, 4) is 0 Å². The second-order valence-electron chi connectivity index (χ2n) is 6.84. The van der Waals surface area contributed by atoms with E-state index in [1.807, 2.05) is 42.5 Å². The number of nitrogens with zero attached hydrogens (tertiary/aromatic N) is 2. The van der Waals surface area contributed by atoms with Gasteiger partial charge in [-0.05, 0) is 23.3 Å². The molecule has 0 fully saturated rings. The Bertz CT molecular complexity index is 1040. The van der Waals surface area contributed by atoms with E-state index in [-0.39, 0.29) is 18.2 Å².